The standard InChI is InChI=1S/C21H44N4O/c1-6-23(7-2)16-17-25(18-19(3)4)21(26)22-12-8-9-13-24-14-10-20(5)11-15-24/h19-20H,6-18H2,1-5H3,(H,22,26). The molecule has 154 valence electrons. The third-order valence-corrected chi connectivity index (χ3v) is 5.51. The van der Waals surface area contributed by atoms with Gasteiger partial charge >= 0.3 is 6.03 Å². The molecule has 0 aromatic carbocycles. The SMILES string of the molecule is CCN(CC)CCN(CC(C)C)C(=O)NCCCCN1CCC(C)CC1. The molecule has 1 N–H and O–H groups in total. The van der Waals surface area contributed by atoms with E-state index in [1.807, 2.05) is 4.90 Å². The molecule has 0 aliphatic carbocycles. The lowest BCUT2D eigenvalue weighted by atomic mass is 9.99. The molecule has 1 fully saturated rings. The molecule has 0 aromatic rings. The molecule has 1 aliphatic rings. The highest BCUT2D eigenvalue weighted by molar-refractivity contribution is 5.74. The number of carbonyl (C=O) groups is 1. The monoisotopic (exact) mass is 368 g/mol. The van der Waals surface area contributed by atoms with E-state index in [1.165, 1.54) is 38.9 Å². The minimum Gasteiger partial charge on any atom is -0.338 e. The van der Waals surface area contributed by atoms with E-state index < -0.39 is 0 Å². The number of urea groups is 1. The minimum absolute atomic E-state index is 0.109. The molecule has 1 saturated heterocycles. The predicted octanol–water partition coefficient (Wildman–Crippen LogP) is 3.51. The van der Waals surface area contributed by atoms with E-state index in [4.69, 9.17) is 0 Å². The van der Waals surface area contributed by atoms with Crippen LogP contribution >= 0.6 is 0 Å². The van der Waals surface area contributed by atoms with Crippen LogP contribution in [0.25, 0.3) is 0 Å². The molecule has 1 aliphatic heterocycles. The van der Waals surface area contributed by atoms with Crippen molar-refractivity contribution >= 4 is 6.03 Å². The molecular weight excluding hydrogens is 324 g/mol. The third-order valence-electron chi connectivity index (χ3n) is 5.51. The van der Waals surface area contributed by atoms with E-state index in [0.717, 1.165) is 51.6 Å². The maximum Gasteiger partial charge on any atom is 0.317 e. The second-order valence-electron chi connectivity index (χ2n) is 8.33. The number of nitrogens with one attached hydrogen (secondary N) is 1. The molecule has 26 heavy (non-hydrogen) atoms. The van der Waals surface area contributed by atoms with Crippen LogP contribution in [0.4, 0.5) is 4.79 Å². The quantitative estimate of drug-likeness (QED) is 0.536. The number of hydrogen-bond donors (Lipinski definition) is 1. The fourth-order valence-electron chi connectivity index (χ4n) is 3.57. The summed E-state index contributed by atoms with van der Waals surface area (Å²) in [4.78, 5) is 19.5. The first-order valence-corrected chi connectivity index (χ1v) is 10.9. The Morgan fingerprint density at radius 3 is 2.35 bits per heavy atom. The Hall–Kier alpha value is -0.810. The van der Waals surface area contributed by atoms with E-state index in [0.29, 0.717) is 5.92 Å². The zero-order valence-electron chi connectivity index (χ0n) is 18.1. The highest BCUT2D eigenvalue weighted by Crippen LogP contribution is 2.16. The molecule has 5 nitrogen and oxygen atoms in total. The van der Waals surface area contributed by atoms with Crippen LogP contribution in [-0.4, -0.2) is 79.6 Å². The van der Waals surface area contributed by atoms with Crippen LogP contribution in [-0.2, 0) is 0 Å². The molecule has 0 spiro atoms. The second-order valence-corrected chi connectivity index (χ2v) is 8.33. The fraction of sp³-hybridized carbons (Fsp3) is 0.952. The van der Waals surface area contributed by atoms with E-state index in [2.05, 4.69) is 49.7 Å². The fourth-order valence-corrected chi connectivity index (χ4v) is 3.57. The third kappa shape index (κ3) is 9.77. The zero-order chi connectivity index (χ0) is 19.4. The topological polar surface area (TPSA) is 38.8 Å². The van der Waals surface area contributed by atoms with Crippen LogP contribution < -0.4 is 5.32 Å². The van der Waals surface area contributed by atoms with Crippen molar-refractivity contribution in [1.29, 1.82) is 0 Å². The lowest BCUT2D eigenvalue weighted by Gasteiger charge is -2.30. The van der Waals surface area contributed by atoms with E-state index in [1.54, 1.807) is 0 Å². The van der Waals surface area contributed by atoms with Gasteiger partial charge in [0, 0.05) is 26.2 Å². The first-order chi connectivity index (χ1) is 12.5. The molecule has 0 bridgehead atoms. The van der Waals surface area contributed by atoms with E-state index in [9.17, 15) is 4.79 Å². The number of amides is 2. The first kappa shape index (κ1) is 23.2. The van der Waals surface area contributed by atoms with Gasteiger partial charge in [0.25, 0.3) is 0 Å². The lowest BCUT2D eigenvalue weighted by Crippen LogP contribution is -2.45. The Morgan fingerprint density at radius 1 is 1.12 bits per heavy atom. The van der Waals surface area contributed by atoms with Gasteiger partial charge in [0.15, 0.2) is 0 Å². The molecule has 1 rings (SSSR count). The number of piperidine rings is 1. The summed E-state index contributed by atoms with van der Waals surface area (Å²) in [5.41, 5.74) is 0. The van der Waals surface area contributed by atoms with Crippen LogP contribution in [0.3, 0.4) is 0 Å². The highest BCUT2D eigenvalue weighted by Gasteiger charge is 2.16. The molecule has 5 heteroatoms. The van der Waals surface area contributed by atoms with Crippen LogP contribution in [0.5, 0.6) is 0 Å². The van der Waals surface area contributed by atoms with Crippen LogP contribution in [0.15, 0.2) is 0 Å². The van der Waals surface area contributed by atoms with Crippen molar-refractivity contribution < 1.29 is 4.79 Å². The molecule has 0 atom stereocenters. The average Bonchev–Trinajstić information content (AvgIpc) is 2.62. The lowest BCUT2D eigenvalue weighted by molar-refractivity contribution is 0.176. The average molecular weight is 369 g/mol. The smallest absolute Gasteiger partial charge is 0.317 e. The van der Waals surface area contributed by atoms with Gasteiger partial charge in [0.2, 0.25) is 0 Å². The van der Waals surface area contributed by atoms with Gasteiger partial charge < -0.3 is 20.0 Å². The molecule has 0 unspecified atom stereocenters. The minimum atomic E-state index is 0.109. The van der Waals surface area contributed by atoms with Gasteiger partial charge in [0.1, 0.15) is 0 Å². The maximum absolute atomic E-state index is 12.6. The number of nitrogens with zero attached hydrogens (tertiary/aromatic N) is 3. The number of likely N-dealkylation sites (tertiary alicyclic amines) is 1. The van der Waals surface area contributed by atoms with Crippen molar-refractivity contribution in [3.63, 3.8) is 0 Å². The van der Waals surface area contributed by atoms with Crippen molar-refractivity contribution in [3.8, 4) is 0 Å². The highest BCUT2D eigenvalue weighted by atomic mass is 16.2. The number of hydrogen-bond acceptors (Lipinski definition) is 3. The summed E-state index contributed by atoms with van der Waals surface area (Å²) in [6.07, 6.45) is 4.93. The van der Waals surface area contributed by atoms with Crippen LogP contribution in [0.2, 0.25) is 0 Å². The molecule has 0 radical (unpaired) electrons. The molecule has 1 heterocycles. The van der Waals surface area contributed by atoms with Gasteiger partial charge in [-0.3, -0.25) is 0 Å². The van der Waals surface area contributed by atoms with Crippen LogP contribution in [0, 0.1) is 11.8 Å². The van der Waals surface area contributed by atoms with Gasteiger partial charge in [-0.15, -0.1) is 0 Å². The summed E-state index contributed by atoms with van der Waals surface area (Å²) < 4.78 is 0. The maximum atomic E-state index is 12.6. The van der Waals surface area contributed by atoms with Crippen molar-refractivity contribution in [1.82, 2.24) is 20.0 Å². The molecular formula is C21H44N4O. The van der Waals surface area contributed by atoms with Crippen molar-refractivity contribution in [2.45, 2.75) is 60.3 Å². The van der Waals surface area contributed by atoms with Crippen molar-refractivity contribution in [2.24, 2.45) is 11.8 Å². The largest absolute Gasteiger partial charge is 0.338 e. The summed E-state index contributed by atoms with van der Waals surface area (Å²) >= 11 is 0. The number of unbranched alkanes of at least 4 members (excludes halogenated alkanes) is 1. The van der Waals surface area contributed by atoms with Gasteiger partial charge in [-0.25, -0.2) is 4.79 Å². The Balaban J connectivity index is 2.23. The van der Waals surface area contributed by atoms with Gasteiger partial charge in [0.05, 0.1) is 0 Å². The summed E-state index contributed by atoms with van der Waals surface area (Å²) in [6, 6.07) is 0.109. The van der Waals surface area contributed by atoms with Crippen LogP contribution in [0.1, 0.15) is 60.3 Å². The molecule has 0 aromatic heterocycles. The molecule has 0 saturated carbocycles. The summed E-state index contributed by atoms with van der Waals surface area (Å²) in [6.45, 7) is 20.2. The van der Waals surface area contributed by atoms with Gasteiger partial charge in [-0.2, -0.15) is 0 Å². The number of rotatable bonds is 12. The van der Waals surface area contributed by atoms with E-state index >= 15 is 0 Å². The van der Waals surface area contributed by atoms with Gasteiger partial charge in [-0.05, 0) is 70.2 Å². The van der Waals surface area contributed by atoms with Crippen molar-refractivity contribution in [3.05, 3.63) is 0 Å². The molecule has 2 amide bonds. The Labute approximate surface area is 162 Å². The Kier molecular flexibility index (Phi) is 11.9. The Morgan fingerprint density at radius 2 is 1.77 bits per heavy atom. The predicted molar refractivity (Wildman–Crippen MR) is 112 cm³/mol. The van der Waals surface area contributed by atoms with Gasteiger partial charge in [-0.1, -0.05) is 34.6 Å². The zero-order valence-corrected chi connectivity index (χ0v) is 18.1. The summed E-state index contributed by atoms with van der Waals surface area (Å²) in [5, 5.41) is 3.14. The normalized spacial score (nSPS) is 16.4. The number of likely N-dealkylation sites (N-methyl/N-ethyl adjacent to an activating group) is 1. The van der Waals surface area contributed by atoms with E-state index in [-0.39, 0.29) is 6.03 Å². The van der Waals surface area contributed by atoms with Crippen molar-refractivity contribution in [2.75, 3.05) is 58.9 Å². The Bertz CT molecular complexity index is 363. The summed E-state index contributed by atoms with van der Waals surface area (Å²) in [7, 11) is 0. The second kappa shape index (κ2) is 13.4. The summed E-state index contributed by atoms with van der Waals surface area (Å²) in [5.74, 6) is 1.40. The first-order valence-electron chi connectivity index (χ1n) is 10.9. The number of carbonyl (C=O) groups excluding carboxylic acids is 1.